The minimum Gasteiger partial charge on any atom is -0.492 e. The zero-order valence-electron chi connectivity index (χ0n) is 10.2. The Morgan fingerprint density at radius 3 is 2.53 bits per heavy atom. The Morgan fingerprint density at radius 2 is 2.06 bits per heavy atom. The summed E-state index contributed by atoms with van der Waals surface area (Å²) in [6.07, 6.45) is 0. The van der Waals surface area contributed by atoms with Gasteiger partial charge in [-0.05, 0) is 39.0 Å². The van der Waals surface area contributed by atoms with Crippen LogP contribution in [0.4, 0.5) is 5.69 Å². The number of hydrogen-bond donors (Lipinski definition) is 2. The molecule has 6 heteroatoms. The molecule has 0 heterocycles. The van der Waals surface area contributed by atoms with E-state index in [4.69, 9.17) is 10.5 Å². The third kappa shape index (κ3) is 3.61. The number of sulfonamides is 1. The molecule has 0 spiro atoms. The predicted molar refractivity (Wildman–Crippen MR) is 67.5 cm³/mol. The molecule has 0 amide bonds. The molecule has 0 radical (unpaired) electrons. The van der Waals surface area contributed by atoms with E-state index in [2.05, 4.69) is 4.72 Å². The summed E-state index contributed by atoms with van der Waals surface area (Å²) in [4.78, 5) is 0.146. The van der Waals surface area contributed by atoms with Crippen LogP contribution in [0.2, 0.25) is 0 Å². The predicted octanol–water partition coefficient (Wildman–Crippen LogP) is 1.35. The molecule has 3 N–H and O–H groups in total. The zero-order valence-corrected chi connectivity index (χ0v) is 11.0. The lowest BCUT2D eigenvalue weighted by Gasteiger charge is -2.12. The van der Waals surface area contributed by atoms with Crippen LogP contribution in [-0.4, -0.2) is 21.1 Å². The first-order valence-corrected chi connectivity index (χ1v) is 6.89. The van der Waals surface area contributed by atoms with Gasteiger partial charge in [-0.15, -0.1) is 0 Å². The molecule has 17 heavy (non-hydrogen) atoms. The van der Waals surface area contributed by atoms with Gasteiger partial charge in [-0.1, -0.05) is 0 Å². The summed E-state index contributed by atoms with van der Waals surface area (Å²) in [6.45, 7) is 5.84. The monoisotopic (exact) mass is 258 g/mol. The molecule has 0 aliphatic rings. The molecule has 96 valence electrons. The second-order valence-corrected chi connectivity index (χ2v) is 5.62. The van der Waals surface area contributed by atoms with E-state index in [9.17, 15) is 8.42 Å². The van der Waals surface area contributed by atoms with Crippen molar-refractivity contribution >= 4 is 15.7 Å². The van der Waals surface area contributed by atoms with Gasteiger partial charge in [-0.25, -0.2) is 13.1 Å². The summed E-state index contributed by atoms with van der Waals surface area (Å²) >= 11 is 0. The summed E-state index contributed by atoms with van der Waals surface area (Å²) in [7, 11) is -3.50. The molecule has 1 aromatic rings. The highest BCUT2D eigenvalue weighted by atomic mass is 32.2. The lowest BCUT2D eigenvalue weighted by Crippen LogP contribution is -2.30. The SMILES string of the molecule is CCOc1ccc(S(=O)(=O)NC(C)C)cc1N. The van der Waals surface area contributed by atoms with Crippen molar-refractivity contribution in [3.05, 3.63) is 18.2 Å². The fourth-order valence-corrected chi connectivity index (χ4v) is 2.64. The molecule has 1 rings (SSSR count). The fourth-order valence-electron chi connectivity index (χ4n) is 1.36. The summed E-state index contributed by atoms with van der Waals surface area (Å²) in [5.74, 6) is 0.496. The number of benzene rings is 1. The summed E-state index contributed by atoms with van der Waals surface area (Å²) in [5.41, 5.74) is 6.04. The molecule has 1 aromatic carbocycles. The van der Waals surface area contributed by atoms with Gasteiger partial charge in [-0.2, -0.15) is 0 Å². The number of ether oxygens (including phenoxy) is 1. The van der Waals surface area contributed by atoms with Crippen LogP contribution in [0, 0.1) is 0 Å². The van der Waals surface area contributed by atoms with Crippen LogP contribution in [0.25, 0.3) is 0 Å². The van der Waals surface area contributed by atoms with Gasteiger partial charge >= 0.3 is 0 Å². The third-order valence-electron chi connectivity index (χ3n) is 1.98. The number of nitrogens with two attached hydrogens (primary N) is 1. The van der Waals surface area contributed by atoms with Crippen molar-refractivity contribution in [1.29, 1.82) is 0 Å². The van der Waals surface area contributed by atoms with Gasteiger partial charge < -0.3 is 10.5 Å². The van der Waals surface area contributed by atoms with Crippen LogP contribution in [0.15, 0.2) is 23.1 Å². The van der Waals surface area contributed by atoms with Gasteiger partial charge in [0.2, 0.25) is 10.0 Å². The van der Waals surface area contributed by atoms with Crippen LogP contribution in [-0.2, 0) is 10.0 Å². The lowest BCUT2D eigenvalue weighted by molar-refractivity contribution is 0.342. The van der Waals surface area contributed by atoms with Crippen LogP contribution in [0.3, 0.4) is 0 Å². The molecule has 0 fully saturated rings. The van der Waals surface area contributed by atoms with Gasteiger partial charge in [0.05, 0.1) is 17.2 Å². The standard InChI is InChI=1S/C11H18N2O3S/c1-4-16-11-6-5-9(7-10(11)12)17(14,15)13-8(2)3/h5-8,13H,4,12H2,1-3H3. The van der Waals surface area contributed by atoms with Gasteiger partial charge in [0.1, 0.15) is 5.75 Å². The molecule has 0 saturated carbocycles. The average Bonchev–Trinajstić information content (AvgIpc) is 2.19. The smallest absolute Gasteiger partial charge is 0.240 e. The molecule has 0 saturated heterocycles. The topological polar surface area (TPSA) is 81.4 Å². The van der Waals surface area contributed by atoms with E-state index in [1.807, 2.05) is 6.92 Å². The Hall–Kier alpha value is -1.27. The number of anilines is 1. The molecule has 5 nitrogen and oxygen atoms in total. The van der Waals surface area contributed by atoms with Gasteiger partial charge in [0.15, 0.2) is 0 Å². The molecular weight excluding hydrogens is 240 g/mol. The summed E-state index contributed by atoms with van der Waals surface area (Å²) in [5, 5.41) is 0. The van der Waals surface area contributed by atoms with Crippen molar-refractivity contribution in [2.45, 2.75) is 31.7 Å². The van der Waals surface area contributed by atoms with Crippen LogP contribution < -0.4 is 15.2 Å². The Bertz CT molecular complexity index is 483. The average molecular weight is 258 g/mol. The highest BCUT2D eigenvalue weighted by molar-refractivity contribution is 7.89. The van der Waals surface area contributed by atoms with E-state index in [1.54, 1.807) is 19.9 Å². The normalized spacial score (nSPS) is 11.8. The molecule has 0 unspecified atom stereocenters. The highest BCUT2D eigenvalue weighted by Crippen LogP contribution is 2.24. The molecular formula is C11H18N2O3S. The largest absolute Gasteiger partial charge is 0.492 e. The molecule has 0 aromatic heterocycles. The van der Waals surface area contributed by atoms with Crippen molar-refractivity contribution in [3.8, 4) is 5.75 Å². The van der Waals surface area contributed by atoms with E-state index in [0.717, 1.165) is 0 Å². The maximum atomic E-state index is 11.9. The molecule has 0 atom stereocenters. The minimum atomic E-state index is -3.50. The first-order chi connectivity index (χ1) is 7.86. The van der Waals surface area contributed by atoms with E-state index in [0.29, 0.717) is 18.0 Å². The van der Waals surface area contributed by atoms with Crippen molar-refractivity contribution in [3.63, 3.8) is 0 Å². The number of nitrogens with one attached hydrogen (secondary N) is 1. The van der Waals surface area contributed by atoms with E-state index in [-0.39, 0.29) is 10.9 Å². The fraction of sp³-hybridized carbons (Fsp3) is 0.455. The molecule has 0 bridgehead atoms. The second kappa shape index (κ2) is 5.37. The van der Waals surface area contributed by atoms with Crippen LogP contribution in [0.5, 0.6) is 5.75 Å². The minimum absolute atomic E-state index is 0.146. The van der Waals surface area contributed by atoms with Crippen LogP contribution in [0.1, 0.15) is 20.8 Å². The molecule has 0 aliphatic carbocycles. The van der Waals surface area contributed by atoms with Gasteiger partial charge in [-0.3, -0.25) is 0 Å². The Kier molecular flexibility index (Phi) is 4.36. The van der Waals surface area contributed by atoms with Gasteiger partial charge in [0.25, 0.3) is 0 Å². The second-order valence-electron chi connectivity index (χ2n) is 3.91. The Labute approximate surface area is 102 Å². The summed E-state index contributed by atoms with van der Waals surface area (Å²) < 4.78 is 31.4. The maximum Gasteiger partial charge on any atom is 0.240 e. The first kappa shape index (κ1) is 13.8. The highest BCUT2D eigenvalue weighted by Gasteiger charge is 2.16. The van der Waals surface area contributed by atoms with Crippen molar-refractivity contribution in [2.24, 2.45) is 0 Å². The Morgan fingerprint density at radius 1 is 1.41 bits per heavy atom. The van der Waals surface area contributed by atoms with Crippen LogP contribution >= 0.6 is 0 Å². The zero-order chi connectivity index (χ0) is 13.1. The third-order valence-corrected chi connectivity index (χ3v) is 3.64. The van der Waals surface area contributed by atoms with E-state index >= 15 is 0 Å². The summed E-state index contributed by atoms with van der Waals surface area (Å²) in [6, 6.07) is 4.28. The molecule has 0 aliphatic heterocycles. The van der Waals surface area contributed by atoms with Crippen molar-refractivity contribution in [2.75, 3.05) is 12.3 Å². The first-order valence-electron chi connectivity index (χ1n) is 5.41. The van der Waals surface area contributed by atoms with E-state index in [1.165, 1.54) is 12.1 Å². The Balaban J connectivity index is 3.05. The van der Waals surface area contributed by atoms with Crippen molar-refractivity contribution in [1.82, 2.24) is 4.72 Å². The lowest BCUT2D eigenvalue weighted by atomic mass is 10.3. The number of nitrogen functional groups attached to an aromatic ring is 1. The maximum absolute atomic E-state index is 11.9. The van der Waals surface area contributed by atoms with Crippen molar-refractivity contribution < 1.29 is 13.2 Å². The quantitative estimate of drug-likeness (QED) is 0.781. The number of rotatable bonds is 5. The number of hydrogen-bond acceptors (Lipinski definition) is 4. The van der Waals surface area contributed by atoms with Gasteiger partial charge in [0, 0.05) is 6.04 Å². The van der Waals surface area contributed by atoms with E-state index < -0.39 is 10.0 Å².